The molecule has 0 aliphatic heterocycles. The van der Waals surface area contributed by atoms with Crippen molar-refractivity contribution in [2.75, 3.05) is 13.2 Å². The number of hydrogen-bond acceptors (Lipinski definition) is 5. The van der Waals surface area contributed by atoms with Gasteiger partial charge in [-0.15, -0.1) is 0 Å². The Hall–Kier alpha value is -4.04. The number of nitriles is 1. The van der Waals surface area contributed by atoms with Crippen molar-refractivity contribution in [1.29, 1.82) is 5.26 Å². The average Bonchev–Trinajstić information content (AvgIpc) is 2.99. The molecule has 5 heteroatoms. The maximum atomic E-state index is 11.0. The zero-order chi connectivity index (χ0) is 27.5. The molecule has 0 aliphatic carbocycles. The highest BCUT2D eigenvalue weighted by molar-refractivity contribution is 5.81. The summed E-state index contributed by atoms with van der Waals surface area (Å²) in [7, 11) is 0. The Kier molecular flexibility index (Phi) is 13.2. The van der Waals surface area contributed by atoms with Crippen molar-refractivity contribution in [1.82, 2.24) is 0 Å². The number of carbonyl (C=O) groups is 1. The summed E-state index contributed by atoms with van der Waals surface area (Å²) in [5, 5.41) is 9.20. The second-order valence-corrected chi connectivity index (χ2v) is 9.52. The van der Waals surface area contributed by atoms with E-state index in [1.165, 1.54) is 44.6 Å². The van der Waals surface area contributed by atoms with Crippen LogP contribution in [0.15, 0.2) is 85.5 Å². The van der Waals surface area contributed by atoms with Crippen LogP contribution in [0.2, 0.25) is 0 Å². The number of carbonyl (C=O) groups excluding carboxylic acids is 1. The number of unbranched alkanes of at least 4 members (excludes halogenated alkanes) is 8. The van der Waals surface area contributed by atoms with Crippen LogP contribution in [-0.4, -0.2) is 19.2 Å². The van der Waals surface area contributed by atoms with Crippen LogP contribution in [0.3, 0.4) is 0 Å². The molecule has 39 heavy (non-hydrogen) atoms. The van der Waals surface area contributed by atoms with E-state index in [-0.39, 0.29) is 5.97 Å². The van der Waals surface area contributed by atoms with Crippen LogP contribution in [0.4, 0.5) is 0 Å². The molecule has 0 saturated heterocycles. The summed E-state index contributed by atoms with van der Waals surface area (Å²) >= 11 is 0. The van der Waals surface area contributed by atoms with Gasteiger partial charge in [-0.1, -0.05) is 100 Å². The molecule has 0 saturated carbocycles. The van der Waals surface area contributed by atoms with Crippen LogP contribution >= 0.6 is 0 Å². The molecule has 3 aromatic rings. The molecule has 0 radical (unpaired) electrons. The van der Waals surface area contributed by atoms with Gasteiger partial charge in [0.1, 0.15) is 24.2 Å². The fraction of sp³-hybridized carbons (Fsp3) is 0.353. The van der Waals surface area contributed by atoms with Gasteiger partial charge >= 0.3 is 5.97 Å². The molecule has 0 spiro atoms. The van der Waals surface area contributed by atoms with Gasteiger partial charge in [-0.3, -0.25) is 0 Å². The molecule has 204 valence electrons. The fourth-order valence-corrected chi connectivity index (χ4v) is 4.25. The third-order valence-electron chi connectivity index (χ3n) is 6.51. The predicted octanol–water partition coefficient (Wildman–Crippen LogP) is 8.42. The maximum absolute atomic E-state index is 11.0. The lowest BCUT2D eigenvalue weighted by atomic mass is 10.0. The van der Waals surface area contributed by atoms with Crippen molar-refractivity contribution in [3.8, 4) is 28.7 Å². The molecule has 0 bridgehead atoms. The van der Waals surface area contributed by atoms with Gasteiger partial charge in [0.15, 0.2) is 0 Å². The van der Waals surface area contributed by atoms with Crippen LogP contribution in [0.1, 0.15) is 68.9 Å². The molecule has 0 amide bonds. The van der Waals surface area contributed by atoms with Crippen LogP contribution in [-0.2, 0) is 16.1 Å². The van der Waals surface area contributed by atoms with Gasteiger partial charge in [0.2, 0.25) is 0 Å². The van der Waals surface area contributed by atoms with Crippen molar-refractivity contribution >= 4 is 5.97 Å². The van der Waals surface area contributed by atoms with E-state index in [0.29, 0.717) is 24.5 Å². The Morgan fingerprint density at radius 3 is 1.90 bits per heavy atom. The highest BCUT2D eigenvalue weighted by Gasteiger charge is 2.04. The van der Waals surface area contributed by atoms with Crippen LogP contribution in [0, 0.1) is 11.3 Å². The molecule has 0 N–H and O–H groups in total. The lowest BCUT2D eigenvalue weighted by Crippen LogP contribution is -2.01. The zero-order valence-corrected chi connectivity index (χ0v) is 22.8. The van der Waals surface area contributed by atoms with E-state index < -0.39 is 0 Å². The molecular formula is C34H39NO4. The van der Waals surface area contributed by atoms with E-state index in [0.717, 1.165) is 48.3 Å². The van der Waals surface area contributed by atoms with Crippen molar-refractivity contribution in [2.45, 2.75) is 64.4 Å². The summed E-state index contributed by atoms with van der Waals surface area (Å²) < 4.78 is 16.7. The highest BCUT2D eigenvalue weighted by atomic mass is 16.5. The van der Waals surface area contributed by atoms with Crippen molar-refractivity contribution in [2.24, 2.45) is 0 Å². The standard InChI is InChI=1S/C34H39NO4/c1-2-34(36)38-25-13-9-7-5-3-4-6-8-12-24-37-32-22-20-30(21-23-32)29-18-16-28(17-19-29)27-39-33-15-11-10-14-31(33)26-35/h2,10-11,14-23H,1,3-9,12-13,24-25,27H2. The van der Waals surface area contributed by atoms with Crippen LogP contribution in [0.5, 0.6) is 11.5 Å². The second-order valence-electron chi connectivity index (χ2n) is 9.52. The average molecular weight is 526 g/mol. The third-order valence-corrected chi connectivity index (χ3v) is 6.51. The maximum Gasteiger partial charge on any atom is 0.330 e. The Balaban J connectivity index is 1.25. The molecule has 0 aromatic heterocycles. The lowest BCUT2D eigenvalue weighted by molar-refractivity contribution is -0.137. The first-order valence-electron chi connectivity index (χ1n) is 13.9. The number of para-hydroxylation sites is 1. The van der Waals surface area contributed by atoms with Gasteiger partial charge in [-0.05, 0) is 53.8 Å². The van der Waals surface area contributed by atoms with E-state index in [1.54, 1.807) is 6.07 Å². The summed E-state index contributed by atoms with van der Waals surface area (Å²) in [4.78, 5) is 11.0. The number of ether oxygens (including phenoxy) is 3. The smallest absolute Gasteiger partial charge is 0.330 e. The summed E-state index contributed by atoms with van der Waals surface area (Å²) in [5.41, 5.74) is 3.87. The van der Waals surface area contributed by atoms with Crippen molar-refractivity contribution in [3.05, 3.63) is 96.6 Å². The molecule has 3 rings (SSSR count). The minimum Gasteiger partial charge on any atom is -0.494 e. The van der Waals surface area contributed by atoms with Crippen LogP contribution in [0.25, 0.3) is 11.1 Å². The first-order chi connectivity index (χ1) is 19.2. The summed E-state index contributed by atoms with van der Waals surface area (Å²) in [6, 6.07) is 26.0. The third kappa shape index (κ3) is 11.1. The lowest BCUT2D eigenvalue weighted by Gasteiger charge is -2.10. The molecule has 0 atom stereocenters. The molecule has 0 unspecified atom stereocenters. The van der Waals surface area contributed by atoms with E-state index >= 15 is 0 Å². The second kappa shape index (κ2) is 17.5. The largest absolute Gasteiger partial charge is 0.494 e. The quantitative estimate of drug-likeness (QED) is 0.0947. The van der Waals surface area contributed by atoms with Gasteiger partial charge in [0.05, 0.1) is 18.8 Å². The Morgan fingerprint density at radius 2 is 1.28 bits per heavy atom. The van der Waals surface area contributed by atoms with Gasteiger partial charge in [-0.2, -0.15) is 5.26 Å². The first-order valence-corrected chi connectivity index (χ1v) is 13.9. The summed E-state index contributed by atoms with van der Waals surface area (Å²) in [6.07, 6.45) is 11.7. The number of hydrogen-bond donors (Lipinski definition) is 0. The summed E-state index contributed by atoms with van der Waals surface area (Å²) in [6.45, 7) is 5.05. The molecule has 0 heterocycles. The molecule has 0 fully saturated rings. The SMILES string of the molecule is C=CC(=O)OCCCCCCCCCCCOc1ccc(-c2ccc(COc3ccccc3C#N)cc2)cc1. The van der Waals surface area contributed by atoms with Gasteiger partial charge in [0, 0.05) is 6.08 Å². The number of rotatable bonds is 18. The minimum atomic E-state index is -0.332. The molecular weight excluding hydrogens is 486 g/mol. The van der Waals surface area contributed by atoms with Gasteiger partial charge < -0.3 is 14.2 Å². The topological polar surface area (TPSA) is 68.6 Å². The highest BCUT2D eigenvalue weighted by Crippen LogP contribution is 2.24. The van der Waals surface area contributed by atoms with E-state index in [2.05, 4.69) is 49.0 Å². The molecule has 0 aliphatic rings. The van der Waals surface area contributed by atoms with Gasteiger partial charge in [0.25, 0.3) is 0 Å². The normalized spacial score (nSPS) is 10.4. The van der Waals surface area contributed by atoms with E-state index in [1.807, 2.05) is 30.3 Å². The first kappa shape index (κ1) is 29.5. The Labute approximate surface area is 233 Å². The van der Waals surface area contributed by atoms with E-state index in [4.69, 9.17) is 14.2 Å². The minimum absolute atomic E-state index is 0.332. The number of nitrogens with zero attached hydrogens (tertiary/aromatic N) is 1. The zero-order valence-electron chi connectivity index (χ0n) is 22.8. The van der Waals surface area contributed by atoms with Crippen LogP contribution < -0.4 is 9.47 Å². The van der Waals surface area contributed by atoms with Gasteiger partial charge in [-0.25, -0.2) is 4.79 Å². The monoisotopic (exact) mass is 525 g/mol. The van der Waals surface area contributed by atoms with E-state index in [9.17, 15) is 10.1 Å². The molecule has 3 aromatic carbocycles. The van der Waals surface area contributed by atoms with Crippen molar-refractivity contribution in [3.63, 3.8) is 0 Å². The molecule has 5 nitrogen and oxygen atoms in total. The Morgan fingerprint density at radius 1 is 0.718 bits per heavy atom. The van der Waals surface area contributed by atoms with Crippen molar-refractivity contribution < 1.29 is 19.0 Å². The number of esters is 1. The fourth-order valence-electron chi connectivity index (χ4n) is 4.25. The predicted molar refractivity (Wildman–Crippen MR) is 156 cm³/mol. The Bertz CT molecular complexity index is 1180. The number of benzene rings is 3. The summed E-state index contributed by atoms with van der Waals surface area (Å²) in [5.74, 6) is 1.17.